The molecule has 0 spiro atoms. The van der Waals surface area contributed by atoms with E-state index in [9.17, 15) is 4.79 Å². The lowest BCUT2D eigenvalue weighted by Crippen LogP contribution is -2.49. The Labute approximate surface area is 109 Å². The van der Waals surface area contributed by atoms with E-state index in [1.54, 1.807) is 6.21 Å². The molecule has 0 saturated carbocycles. The SMILES string of the molecule is C/C1=C/C=CC(C(=O)N2CCN(C)CC2)C=NC1. The van der Waals surface area contributed by atoms with Crippen LogP contribution in [0.25, 0.3) is 0 Å². The normalized spacial score (nSPS) is 28.4. The number of carbonyl (C=O) groups is 1. The molecule has 2 aliphatic heterocycles. The van der Waals surface area contributed by atoms with Gasteiger partial charge in [-0.3, -0.25) is 9.79 Å². The Bertz CT molecular complexity index is 390. The highest BCUT2D eigenvalue weighted by Gasteiger charge is 2.23. The molecule has 4 nitrogen and oxygen atoms in total. The van der Waals surface area contributed by atoms with Gasteiger partial charge in [0.1, 0.15) is 0 Å². The van der Waals surface area contributed by atoms with Crippen LogP contribution >= 0.6 is 0 Å². The summed E-state index contributed by atoms with van der Waals surface area (Å²) in [6.45, 7) is 6.29. The van der Waals surface area contributed by atoms with Crippen LogP contribution in [0.15, 0.2) is 28.8 Å². The Morgan fingerprint density at radius 1 is 1.33 bits per heavy atom. The Balaban J connectivity index is 2.00. The minimum atomic E-state index is -0.197. The molecule has 0 radical (unpaired) electrons. The van der Waals surface area contributed by atoms with E-state index in [1.165, 1.54) is 5.57 Å². The number of nitrogens with zero attached hydrogens (tertiary/aromatic N) is 3. The Kier molecular flexibility index (Phi) is 4.31. The third kappa shape index (κ3) is 3.29. The highest BCUT2D eigenvalue weighted by molar-refractivity contribution is 5.95. The van der Waals surface area contributed by atoms with Gasteiger partial charge in [0.2, 0.25) is 5.91 Å². The van der Waals surface area contributed by atoms with Crippen molar-refractivity contribution in [2.24, 2.45) is 10.9 Å². The summed E-state index contributed by atoms with van der Waals surface area (Å²) in [5.41, 5.74) is 1.22. The molecule has 2 heterocycles. The molecule has 1 fully saturated rings. The van der Waals surface area contributed by atoms with E-state index in [0.717, 1.165) is 26.2 Å². The van der Waals surface area contributed by atoms with Crippen LogP contribution in [0.3, 0.4) is 0 Å². The summed E-state index contributed by atoms with van der Waals surface area (Å²) >= 11 is 0. The maximum absolute atomic E-state index is 12.4. The fourth-order valence-electron chi connectivity index (χ4n) is 2.14. The first-order valence-electron chi connectivity index (χ1n) is 6.48. The van der Waals surface area contributed by atoms with E-state index in [0.29, 0.717) is 6.54 Å². The predicted octanol–water partition coefficient (Wildman–Crippen LogP) is 0.964. The molecule has 1 atom stereocenters. The second-order valence-electron chi connectivity index (χ2n) is 5.04. The summed E-state index contributed by atoms with van der Waals surface area (Å²) in [6, 6.07) is 0. The molecular weight excluding hydrogens is 226 g/mol. The summed E-state index contributed by atoms with van der Waals surface area (Å²) < 4.78 is 0. The largest absolute Gasteiger partial charge is 0.339 e. The van der Waals surface area contributed by atoms with Gasteiger partial charge in [-0.25, -0.2) is 0 Å². The van der Waals surface area contributed by atoms with Gasteiger partial charge < -0.3 is 9.80 Å². The second-order valence-corrected chi connectivity index (χ2v) is 5.04. The molecule has 2 aliphatic rings. The molecule has 0 bridgehead atoms. The van der Waals surface area contributed by atoms with Crippen LogP contribution < -0.4 is 0 Å². The van der Waals surface area contributed by atoms with E-state index < -0.39 is 0 Å². The van der Waals surface area contributed by atoms with Crippen molar-refractivity contribution in [1.29, 1.82) is 0 Å². The van der Waals surface area contributed by atoms with Crippen molar-refractivity contribution in [2.45, 2.75) is 6.92 Å². The van der Waals surface area contributed by atoms with Gasteiger partial charge >= 0.3 is 0 Å². The minimum Gasteiger partial charge on any atom is -0.339 e. The van der Waals surface area contributed by atoms with Crippen LogP contribution in [0.5, 0.6) is 0 Å². The van der Waals surface area contributed by atoms with Crippen LogP contribution in [0.1, 0.15) is 6.92 Å². The Morgan fingerprint density at radius 3 is 2.78 bits per heavy atom. The minimum absolute atomic E-state index is 0.177. The molecule has 0 aromatic carbocycles. The summed E-state index contributed by atoms with van der Waals surface area (Å²) in [5.74, 6) is -0.0196. The van der Waals surface area contributed by atoms with Gasteiger partial charge in [0.15, 0.2) is 0 Å². The van der Waals surface area contributed by atoms with Crippen molar-refractivity contribution in [2.75, 3.05) is 39.8 Å². The molecule has 4 heteroatoms. The zero-order valence-corrected chi connectivity index (χ0v) is 11.2. The Hall–Kier alpha value is -1.42. The second kappa shape index (κ2) is 5.96. The van der Waals surface area contributed by atoms with Gasteiger partial charge in [0.25, 0.3) is 0 Å². The van der Waals surface area contributed by atoms with E-state index >= 15 is 0 Å². The molecule has 0 N–H and O–H groups in total. The standard InChI is InChI=1S/C14H21N3O/c1-12-4-3-5-13(11-15-10-12)14(18)17-8-6-16(2)7-9-17/h3-5,11,13H,6-10H2,1-2H3/b5-3?,12-4-,15-11?. The highest BCUT2D eigenvalue weighted by Crippen LogP contribution is 2.09. The van der Waals surface area contributed by atoms with Crippen LogP contribution in [0.2, 0.25) is 0 Å². The highest BCUT2D eigenvalue weighted by atomic mass is 16.2. The average molecular weight is 247 g/mol. The number of aliphatic imine (C=N–C) groups is 1. The molecule has 0 aromatic rings. The van der Waals surface area contributed by atoms with E-state index in [2.05, 4.69) is 16.9 Å². The van der Waals surface area contributed by atoms with Crippen LogP contribution in [-0.4, -0.2) is 61.7 Å². The zero-order valence-electron chi connectivity index (χ0n) is 11.2. The van der Waals surface area contributed by atoms with Crippen molar-refractivity contribution in [3.05, 3.63) is 23.8 Å². The van der Waals surface area contributed by atoms with Crippen LogP contribution in [0.4, 0.5) is 0 Å². The average Bonchev–Trinajstić information content (AvgIpc) is 2.34. The molecule has 0 aromatic heterocycles. The summed E-state index contributed by atoms with van der Waals surface area (Å²) in [5, 5.41) is 0. The van der Waals surface area contributed by atoms with Crippen molar-refractivity contribution in [3.8, 4) is 0 Å². The maximum atomic E-state index is 12.4. The quantitative estimate of drug-likeness (QED) is 0.692. The van der Waals surface area contributed by atoms with Crippen molar-refractivity contribution >= 4 is 12.1 Å². The fourth-order valence-corrected chi connectivity index (χ4v) is 2.14. The van der Waals surface area contributed by atoms with E-state index in [1.807, 2.05) is 30.1 Å². The maximum Gasteiger partial charge on any atom is 0.235 e. The third-order valence-electron chi connectivity index (χ3n) is 3.41. The first-order chi connectivity index (χ1) is 8.66. The van der Waals surface area contributed by atoms with Gasteiger partial charge in [0, 0.05) is 32.4 Å². The summed E-state index contributed by atoms with van der Waals surface area (Å²) in [7, 11) is 2.09. The number of allylic oxidation sites excluding steroid dienone is 2. The topological polar surface area (TPSA) is 35.9 Å². The predicted molar refractivity (Wildman–Crippen MR) is 73.8 cm³/mol. The smallest absolute Gasteiger partial charge is 0.235 e. The van der Waals surface area contributed by atoms with Crippen molar-refractivity contribution < 1.29 is 4.79 Å². The first-order valence-corrected chi connectivity index (χ1v) is 6.48. The van der Waals surface area contributed by atoms with Gasteiger partial charge in [0.05, 0.1) is 12.5 Å². The number of likely N-dealkylation sites (N-methyl/N-ethyl adjacent to an activating group) is 1. The monoisotopic (exact) mass is 247 g/mol. The number of amides is 1. The molecular formula is C14H21N3O. The number of rotatable bonds is 1. The van der Waals surface area contributed by atoms with Gasteiger partial charge in [-0.05, 0) is 14.0 Å². The van der Waals surface area contributed by atoms with Crippen LogP contribution in [-0.2, 0) is 4.79 Å². The number of piperazine rings is 1. The lowest BCUT2D eigenvalue weighted by atomic mass is 10.1. The van der Waals surface area contributed by atoms with Crippen molar-refractivity contribution in [1.82, 2.24) is 9.80 Å². The number of hydrogen-bond donors (Lipinski definition) is 0. The molecule has 1 amide bonds. The lowest BCUT2D eigenvalue weighted by Gasteiger charge is -2.33. The molecule has 1 unspecified atom stereocenters. The Morgan fingerprint density at radius 2 is 2.06 bits per heavy atom. The number of hydrogen-bond acceptors (Lipinski definition) is 3. The van der Waals surface area contributed by atoms with Crippen LogP contribution in [0, 0.1) is 5.92 Å². The van der Waals surface area contributed by atoms with Crippen molar-refractivity contribution in [3.63, 3.8) is 0 Å². The molecule has 18 heavy (non-hydrogen) atoms. The third-order valence-corrected chi connectivity index (χ3v) is 3.41. The molecule has 1 saturated heterocycles. The van der Waals surface area contributed by atoms with Gasteiger partial charge in [-0.2, -0.15) is 0 Å². The number of carbonyl (C=O) groups excluding carboxylic acids is 1. The summed E-state index contributed by atoms with van der Waals surface area (Å²) in [4.78, 5) is 20.9. The molecule has 98 valence electrons. The zero-order chi connectivity index (χ0) is 13.0. The molecule has 2 rings (SSSR count). The first kappa shape index (κ1) is 13.0. The molecule has 0 aliphatic carbocycles. The van der Waals surface area contributed by atoms with Gasteiger partial charge in [-0.1, -0.05) is 23.8 Å². The summed E-state index contributed by atoms with van der Waals surface area (Å²) in [6.07, 6.45) is 7.72. The van der Waals surface area contributed by atoms with Gasteiger partial charge in [-0.15, -0.1) is 0 Å². The van der Waals surface area contributed by atoms with E-state index in [4.69, 9.17) is 0 Å². The lowest BCUT2D eigenvalue weighted by molar-refractivity contribution is -0.133. The fraction of sp³-hybridized carbons (Fsp3) is 0.571. The van der Waals surface area contributed by atoms with E-state index in [-0.39, 0.29) is 11.8 Å².